The van der Waals surface area contributed by atoms with Gasteiger partial charge in [0, 0.05) is 6.54 Å². The zero-order valence-corrected chi connectivity index (χ0v) is 14.1. The van der Waals surface area contributed by atoms with Crippen LogP contribution in [0.4, 0.5) is 0 Å². The van der Waals surface area contributed by atoms with Crippen molar-refractivity contribution in [3.05, 3.63) is 51.4 Å². The molecule has 0 unspecified atom stereocenters. The Kier molecular flexibility index (Phi) is 3.95. The van der Waals surface area contributed by atoms with Gasteiger partial charge in [-0.25, -0.2) is 4.98 Å². The van der Waals surface area contributed by atoms with Crippen LogP contribution >= 0.6 is 11.3 Å². The molecule has 0 bridgehead atoms. The predicted octanol–water partition coefficient (Wildman–Crippen LogP) is 2.39. The first-order chi connectivity index (χ1) is 11.7. The van der Waals surface area contributed by atoms with E-state index in [1.807, 2.05) is 36.7 Å². The first-order valence-corrected chi connectivity index (χ1v) is 8.60. The van der Waals surface area contributed by atoms with Crippen LogP contribution in [-0.4, -0.2) is 35.1 Å². The van der Waals surface area contributed by atoms with Gasteiger partial charge in [-0.2, -0.15) is 0 Å². The third-order valence-electron chi connectivity index (χ3n) is 3.84. The molecule has 0 saturated carbocycles. The van der Waals surface area contributed by atoms with Crippen LogP contribution in [-0.2, 0) is 13.1 Å². The minimum Gasteiger partial charge on any atom is -0.486 e. The van der Waals surface area contributed by atoms with Gasteiger partial charge in [0.05, 0.1) is 12.1 Å². The zero-order valence-electron chi connectivity index (χ0n) is 13.2. The van der Waals surface area contributed by atoms with E-state index in [9.17, 15) is 4.79 Å². The summed E-state index contributed by atoms with van der Waals surface area (Å²) in [5.74, 6) is 2.26. The molecule has 3 heterocycles. The number of nitrogens with zero attached hydrogens (tertiary/aromatic N) is 2. The number of ether oxygens (including phenoxy) is 2. The van der Waals surface area contributed by atoms with Crippen molar-refractivity contribution in [2.24, 2.45) is 0 Å². The number of aromatic amines is 1. The number of fused-ring (bicyclic) bond motifs is 2. The highest BCUT2D eigenvalue weighted by molar-refractivity contribution is 7.17. The Balaban J connectivity index is 1.49. The molecular formula is C17H17N3O3S. The fourth-order valence-corrected chi connectivity index (χ4v) is 3.53. The molecular weight excluding hydrogens is 326 g/mol. The van der Waals surface area contributed by atoms with Gasteiger partial charge in [-0.1, -0.05) is 6.07 Å². The van der Waals surface area contributed by atoms with Gasteiger partial charge in [0.15, 0.2) is 11.5 Å². The molecule has 1 aromatic carbocycles. The van der Waals surface area contributed by atoms with E-state index in [0.717, 1.165) is 29.1 Å². The topological polar surface area (TPSA) is 67.5 Å². The van der Waals surface area contributed by atoms with Crippen LogP contribution in [0.5, 0.6) is 11.5 Å². The molecule has 0 spiro atoms. The van der Waals surface area contributed by atoms with Gasteiger partial charge < -0.3 is 14.5 Å². The molecule has 0 fully saturated rings. The van der Waals surface area contributed by atoms with Crippen LogP contribution in [0.25, 0.3) is 10.2 Å². The maximum absolute atomic E-state index is 12.0. The lowest BCUT2D eigenvalue weighted by Crippen LogP contribution is -2.22. The summed E-state index contributed by atoms with van der Waals surface area (Å²) >= 11 is 1.41. The van der Waals surface area contributed by atoms with E-state index in [1.165, 1.54) is 11.3 Å². The minimum atomic E-state index is -0.0715. The molecule has 2 aromatic heterocycles. The SMILES string of the molecule is CN(Cc1ccc2c(c1)OCCO2)Cc1nc2ccsc2c(=O)[nH]1. The zero-order chi connectivity index (χ0) is 16.5. The molecule has 4 rings (SSSR count). The normalized spacial score (nSPS) is 13.6. The quantitative estimate of drug-likeness (QED) is 0.788. The maximum Gasteiger partial charge on any atom is 0.268 e. The smallest absolute Gasteiger partial charge is 0.268 e. The van der Waals surface area contributed by atoms with Gasteiger partial charge in [0.2, 0.25) is 0 Å². The number of aromatic nitrogens is 2. The Morgan fingerprint density at radius 3 is 2.92 bits per heavy atom. The predicted molar refractivity (Wildman–Crippen MR) is 92.8 cm³/mol. The van der Waals surface area contributed by atoms with Crippen molar-refractivity contribution >= 4 is 21.6 Å². The number of hydrogen-bond acceptors (Lipinski definition) is 6. The van der Waals surface area contributed by atoms with Crippen molar-refractivity contribution in [1.82, 2.24) is 14.9 Å². The lowest BCUT2D eigenvalue weighted by atomic mass is 10.2. The molecule has 0 amide bonds. The van der Waals surface area contributed by atoms with Crippen molar-refractivity contribution in [2.75, 3.05) is 20.3 Å². The molecule has 1 N–H and O–H groups in total. The van der Waals surface area contributed by atoms with Crippen molar-refractivity contribution in [2.45, 2.75) is 13.1 Å². The molecule has 6 nitrogen and oxygen atoms in total. The summed E-state index contributed by atoms with van der Waals surface area (Å²) in [4.78, 5) is 21.5. The highest BCUT2D eigenvalue weighted by atomic mass is 32.1. The first-order valence-electron chi connectivity index (χ1n) is 7.72. The summed E-state index contributed by atoms with van der Waals surface area (Å²) in [5, 5.41) is 1.88. The number of rotatable bonds is 4. The largest absolute Gasteiger partial charge is 0.486 e. The summed E-state index contributed by atoms with van der Waals surface area (Å²) in [6, 6.07) is 7.85. The second-order valence-electron chi connectivity index (χ2n) is 5.80. The Hall–Kier alpha value is -2.38. The third kappa shape index (κ3) is 3.00. The summed E-state index contributed by atoms with van der Waals surface area (Å²) in [6.07, 6.45) is 0. The Labute approximate surface area is 142 Å². The van der Waals surface area contributed by atoms with E-state index in [2.05, 4.69) is 14.9 Å². The van der Waals surface area contributed by atoms with Crippen LogP contribution in [0, 0.1) is 0 Å². The Morgan fingerprint density at radius 2 is 2.04 bits per heavy atom. The minimum absolute atomic E-state index is 0.0715. The molecule has 0 aliphatic carbocycles. The van der Waals surface area contributed by atoms with Gasteiger partial charge in [-0.3, -0.25) is 9.69 Å². The Morgan fingerprint density at radius 1 is 1.21 bits per heavy atom. The van der Waals surface area contributed by atoms with Gasteiger partial charge in [-0.05, 0) is 36.2 Å². The summed E-state index contributed by atoms with van der Waals surface area (Å²) in [5.41, 5.74) is 1.81. The number of benzene rings is 1. The second kappa shape index (κ2) is 6.26. The van der Waals surface area contributed by atoms with Crippen LogP contribution in [0.15, 0.2) is 34.4 Å². The van der Waals surface area contributed by atoms with Crippen molar-refractivity contribution in [3.8, 4) is 11.5 Å². The number of hydrogen-bond donors (Lipinski definition) is 1. The molecule has 7 heteroatoms. The molecule has 24 heavy (non-hydrogen) atoms. The number of nitrogens with one attached hydrogen (secondary N) is 1. The summed E-state index contributed by atoms with van der Waals surface area (Å²) < 4.78 is 11.8. The average Bonchev–Trinajstić information content (AvgIpc) is 3.03. The third-order valence-corrected chi connectivity index (χ3v) is 4.75. The summed E-state index contributed by atoms with van der Waals surface area (Å²) in [6.45, 7) is 2.46. The fraction of sp³-hybridized carbons (Fsp3) is 0.294. The van der Waals surface area contributed by atoms with E-state index < -0.39 is 0 Å². The van der Waals surface area contributed by atoms with E-state index in [0.29, 0.717) is 30.3 Å². The summed E-state index contributed by atoms with van der Waals surface area (Å²) in [7, 11) is 1.99. The van der Waals surface area contributed by atoms with Crippen molar-refractivity contribution < 1.29 is 9.47 Å². The van der Waals surface area contributed by atoms with Gasteiger partial charge in [0.1, 0.15) is 23.7 Å². The Bertz CT molecular complexity index is 934. The lowest BCUT2D eigenvalue weighted by Gasteiger charge is -2.20. The van der Waals surface area contributed by atoms with Crippen molar-refractivity contribution in [1.29, 1.82) is 0 Å². The van der Waals surface area contributed by atoms with E-state index >= 15 is 0 Å². The van der Waals surface area contributed by atoms with E-state index in [4.69, 9.17) is 9.47 Å². The maximum atomic E-state index is 12.0. The van der Waals surface area contributed by atoms with Gasteiger partial charge >= 0.3 is 0 Å². The molecule has 3 aromatic rings. The molecule has 0 radical (unpaired) electrons. The van der Waals surface area contributed by atoms with E-state index in [-0.39, 0.29) is 5.56 Å². The highest BCUT2D eigenvalue weighted by Gasteiger charge is 2.13. The monoisotopic (exact) mass is 343 g/mol. The van der Waals surface area contributed by atoms with Crippen LogP contribution in [0.3, 0.4) is 0 Å². The standard InChI is InChI=1S/C17H17N3O3S/c1-20(9-11-2-3-13-14(8-11)23-6-5-22-13)10-15-18-12-4-7-24-16(12)17(21)19-15/h2-4,7-8H,5-6,9-10H2,1H3,(H,18,19,21). The lowest BCUT2D eigenvalue weighted by molar-refractivity contribution is 0.171. The van der Waals surface area contributed by atoms with Gasteiger partial charge in [-0.15, -0.1) is 11.3 Å². The number of thiophene rings is 1. The second-order valence-corrected chi connectivity index (χ2v) is 6.71. The first kappa shape index (κ1) is 15.2. The van der Waals surface area contributed by atoms with Gasteiger partial charge in [0.25, 0.3) is 5.56 Å². The number of H-pyrrole nitrogens is 1. The van der Waals surface area contributed by atoms with Crippen LogP contribution < -0.4 is 15.0 Å². The van der Waals surface area contributed by atoms with Crippen molar-refractivity contribution in [3.63, 3.8) is 0 Å². The highest BCUT2D eigenvalue weighted by Crippen LogP contribution is 2.31. The fourth-order valence-electron chi connectivity index (χ4n) is 2.81. The molecule has 0 atom stereocenters. The van der Waals surface area contributed by atoms with Crippen LogP contribution in [0.2, 0.25) is 0 Å². The molecule has 1 aliphatic rings. The van der Waals surface area contributed by atoms with Crippen LogP contribution in [0.1, 0.15) is 11.4 Å². The molecule has 1 aliphatic heterocycles. The molecule has 0 saturated heterocycles. The average molecular weight is 343 g/mol. The molecule has 124 valence electrons. The van der Waals surface area contributed by atoms with E-state index in [1.54, 1.807) is 0 Å².